The Bertz CT molecular complexity index is 774. The molecule has 0 bridgehead atoms. The summed E-state index contributed by atoms with van der Waals surface area (Å²) in [4.78, 5) is 17.2. The van der Waals surface area contributed by atoms with Gasteiger partial charge in [-0.05, 0) is 17.7 Å². The van der Waals surface area contributed by atoms with Crippen molar-refractivity contribution in [3.8, 4) is 11.1 Å². The van der Waals surface area contributed by atoms with Crippen molar-refractivity contribution in [2.24, 2.45) is 7.05 Å². The Labute approximate surface area is 116 Å². The highest BCUT2D eigenvalue weighted by atomic mass is 79.9. The van der Waals surface area contributed by atoms with E-state index in [1.165, 1.54) is 15.9 Å². The highest BCUT2D eigenvalue weighted by molar-refractivity contribution is 9.10. The van der Waals surface area contributed by atoms with Crippen LogP contribution < -0.4 is 5.56 Å². The predicted molar refractivity (Wildman–Crippen MR) is 78.0 cm³/mol. The molecule has 0 saturated heterocycles. The minimum atomic E-state index is -0.000770. The van der Waals surface area contributed by atoms with Crippen LogP contribution in [0.1, 0.15) is 0 Å². The van der Waals surface area contributed by atoms with Crippen molar-refractivity contribution in [2.75, 3.05) is 0 Å². The number of aromatic nitrogens is 2. The summed E-state index contributed by atoms with van der Waals surface area (Å²) in [5, 5.41) is 2.69. The Morgan fingerprint density at radius 2 is 2.00 bits per heavy atom. The van der Waals surface area contributed by atoms with Gasteiger partial charge < -0.3 is 4.57 Å². The van der Waals surface area contributed by atoms with Gasteiger partial charge in [-0.3, -0.25) is 4.79 Å². The topological polar surface area (TPSA) is 34.9 Å². The van der Waals surface area contributed by atoms with Gasteiger partial charge in [0.1, 0.15) is 4.83 Å². The summed E-state index contributed by atoms with van der Waals surface area (Å²) < 4.78 is 2.54. The number of fused-ring (bicyclic) bond motifs is 1. The van der Waals surface area contributed by atoms with Gasteiger partial charge >= 0.3 is 0 Å². The molecule has 0 N–H and O–H groups in total. The van der Waals surface area contributed by atoms with Gasteiger partial charge in [0, 0.05) is 22.5 Å². The molecule has 3 rings (SSSR count). The molecule has 5 heteroatoms. The van der Waals surface area contributed by atoms with Crippen LogP contribution in [0.25, 0.3) is 21.3 Å². The summed E-state index contributed by atoms with van der Waals surface area (Å²) in [5.74, 6) is 0. The summed E-state index contributed by atoms with van der Waals surface area (Å²) in [5.41, 5.74) is 1.99. The minimum absolute atomic E-state index is 0.000770. The fraction of sp³-hybridized carbons (Fsp3) is 0.0769. The molecule has 1 aromatic carbocycles. The van der Waals surface area contributed by atoms with E-state index in [2.05, 4.69) is 20.9 Å². The standard InChI is InChI=1S/C13H9BrN2OS/c1-16-7-15-12-11(13(16)17)10(6-18-12)8-2-4-9(14)5-3-8/h2-7H,1H3. The summed E-state index contributed by atoms with van der Waals surface area (Å²) in [7, 11) is 1.72. The lowest BCUT2D eigenvalue weighted by atomic mass is 10.1. The van der Waals surface area contributed by atoms with Crippen molar-refractivity contribution < 1.29 is 0 Å². The van der Waals surface area contributed by atoms with Crippen molar-refractivity contribution >= 4 is 37.5 Å². The zero-order valence-electron chi connectivity index (χ0n) is 9.55. The highest BCUT2D eigenvalue weighted by Gasteiger charge is 2.11. The second kappa shape index (κ2) is 4.33. The number of rotatable bonds is 1. The van der Waals surface area contributed by atoms with Gasteiger partial charge in [0.2, 0.25) is 0 Å². The van der Waals surface area contributed by atoms with E-state index in [0.717, 1.165) is 20.4 Å². The van der Waals surface area contributed by atoms with Gasteiger partial charge in [-0.2, -0.15) is 0 Å². The zero-order valence-corrected chi connectivity index (χ0v) is 12.0. The van der Waals surface area contributed by atoms with Crippen molar-refractivity contribution in [1.29, 1.82) is 0 Å². The van der Waals surface area contributed by atoms with Gasteiger partial charge in [0.05, 0.1) is 11.7 Å². The molecular formula is C13H9BrN2OS. The quantitative estimate of drug-likeness (QED) is 0.688. The van der Waals surface area contributed by atoms with Crippen LogP contribution in [0.2, 0.25) is 0 Å². The minimum Gasteiger partial charge on any atom is -0.302 e. The fourth-order valence-electron chi connectivity index (χ4n) is 1.86. The van der Waals surface area contributed by atoms with E-state index in [-0.39, 0.29) is 5.56 Å². The molecule has 0 atom stereocenters. The van der Waals surface area contributed by atoms with E-state index < -0.39 is 0 Å². The number of nitrogens with zero attached hydrogens (tertiary/aromatic N) is 2. The first-order chi connectivity index (χ1) is 8.66. The largest absolute Gasteiger partial charge is 0.302 e. The second-order valence-electron chi connectivity index (χ2n) is 4.00. The third kappa shape index (κ3) is 1.79. The van der Waals surface area contributed by atoms with Crippen molar-refractivity contribution in [3.05, 3.63) is 50.8 Å². The SMILES string of the molecule is Cn1cnc2scc(-c3ccc(Br)cc3)c2c1=O. The number of aryl methyl sites for hydroxylation is 1. The summed E-state index contributed by atoms with van der Waals surface area (Å²) in [6.07, 6.45) is 1.56. The predicted octanol–water partition coefficient (Wildman–Crippen LogP) is 3.42. The fourth-order valence-corrected chi connectivity index (χ4v) is 3.03. The number of hydrogen-bond donors (Lipinski definition) is 0. The summed E-state index contributed by atoms with van der Waals surface area (Å²) in [6.45, 7) is 0. The number of thiophene rings is 1. The van der Waals surface area contributed by atoms with E-state index in [1.54, 1.807) is 13.4 Å². The zero-order chi connectivity index (χ0) is 12.7. The lowest BCUT2D eigenvalue weighted by Gasteiger charge is -2.01. The molecule has 0 fully saturated rings. The Morgan fingerprint density at radius 3 is 2.72 bits per heavy atom. The molecule has 0 radical (unpaired) electrons. The maximum atomic E-state index is 12.2. The molecule has 0 saturated carbocycles. The van der Waals surface area contributed by atoms with Crippen LogP contribution in [0.3, 0.4) is 0 Å². The number of hydrogen-bond acceptors (Lipinski definition) is 3. The first kappa shape index (κ1) is 11.6. The summed E-state index contributed by atoms with van der Waals surface area (Å²) >= 11 is 4.91. The normalized spacial score (nSPS) is 11.0. The molecule has 0 spiro atoms. The van der Waals surface area contributed by atoms with Crippen molar-refractivity contribution in [1.82, 2.24) is 9.55 Å². The first-order valence-electron chi connectivity index (χ1n) is 5.35. The molecule has 2 heterocycles. The van der Waals surface area contributed by atoms with E-state index in [0.29, 0.717) is 5.39 Å². The van der Waals surface area contributed by atoms with Crippen LogP contribution in [0, 0.1) is 0 Å². The van der Waals surface area contributed by atoms with Crippen molar-refractivity contribution in [2.45, 2.75) is 0 Å². The molecular weight excluding hydrogens is 312 g/mol. The third-order valence-electron chi connectivity index (χ3n) is 2.81. The van der Waals surface area contributed by atoms with E-state index in [1.807, 2.05) is 29.6 Å². The average Bonchev–Trinajstić information content (AvgIpc) is 2.79. The Hall–Kier alpha value is -1.46. The lowest BCUT2D eigenvalue weighted by molar-refractivity contribution is 0.845. The molecule has 3 aromatic rings. The van der Waals surface area contributed by atoms with Crippen LogP contribution >= 0.6 is 27.3 Å². The second-order valence-corrected chi connectivity index (χ2v) is 5.77. The molecule has 0 amide bonds. The Kier molecular flexibility index (Phi) is 2.80. The number of benzene rings is 1. The number of halogens is 1. The maximum absolute atomic E-state index is 12.2. The van der Waals surface area contributed by atoms with Crippen LogP contribution in [0.15, 0.2) is 45.2 Å². The van der Waals surface area contributed by atoms with Gasteiger partial charge in [-0.15, -0.1) is 11.3 Å². The highest BCUT2D eigenvalue weighted by Crippen LogP contribution is 2.31. The Morgan fingerprint density at radius 1 is 1.28 bits per heavy atom. The van der Waals surface area contributed by atoms with Gasteiger partial charge in [0.15, 0.2) is 0 Å². The first-order valence-corrected chi connectivity index (χ1v) is 7.03. The third-order valence-corrected chi connectivity index (χ3v) is 4.22. The summed E-state index contributed by atoms with van der Waals surface area (Å²) in [6, 6.07) is 7.94. The molecule has 90 valence electrons. The molecule has 0 aliphatic heterocycles. The van der Waals surface area contributed by atoms with Crippen LogP contribution in [-0.2, 0) is 7.05 Å². The lowest BCUT2D eigenvalue weighted by Crippen LogP contribution is -2.16. The smallest absolute Gasteiger partial charge is 0.262 e. The molecule has 3 nitrogen and oxygen atoms in total. The van der Waals surface area contributed by atoms with Crippen LogP contribution in [-0.4, -0.2) is 9.55 Å². The van der Waals surface area contributed by atoms with E-state index in [9.17, 15) is 4.79 Å². The average molecular weight is 321 g/mol. The molecule has 2 aromatic heterocycles. The Balaban J connectivity index is 2.33. The van der Waals surface area contributed by atoms with Gasteiger partial charge in [-0.1, -0.05) is 28.1 Å². The molecule has 0 aliphatic carbocycles. The van der Waals surface area contributed by atoms with Crippen LogP contribution in [0.5, 0.6) is 0 Å². The molecule has 18 heavy (non-hydrogen) atoms. The molecule has 0 unspecified atom stereocenters. The molecule has 0 aliphatic rings. The van der Waals surface area contributed by atoms with Gasteiger partial charge in [0.25, 0.3) is 5.56 Å². The van der Waals surface area contributed by atoms with Gasteiger partial charge in [-0.25, -0.2) is 4.98 Å². The van der Waals surface area contributed by atoms with Crippen molar-refractivity contribution in [3.63, 3.8) is 0 Å². The van der Waals surface area contributed by atoms with E-state index in [4.69, 9.17) is 0 Å². The van der Waals surface area contributed by atoms with Crippen LogP contribution in [0.4, 0.5) is 0 Å². The maximum Gasteiger partial charge on any atom is 0.262 e. The van der Waals surface area contributed by atoms with E-state index >= 15 is 0 Å². The monoisotopic (exact) mass is 320 g/mol.